The van der Waals surface area contributed by atoms with E-state index in [1.807, 2.05) is 25.1 Å². The van der Waals surface area contributed by atoms with E-state index in [1.54, 1.807) is 0 Å². The quantitative estimate of drug-likeness (QED) is 0.298. The molecule has 0 aliphatic rings. The lowest BCUT2D eigenvalue weighted by molar-refractivity contribution is 0.512. The van der Waals surface area contributed by atoms with E-state index in [2.05, 4.69) is 17.2 Å². The fourth-order valence-corrected chi connectivity index (χ4v) is 3.78. The first-order valence-electron chi connectivity index (χ1n) is 11.9. The van der Waals surface area contributed by atoms with Crippen molar-refractivity contribution in [2.45, 2.75) is 104 Å². The van der Waals surface area contributed by atoms with Crippen molar-refractivity contribution in [2.24, 2.45) is 0 Å². The van der Waals surface area contributed by atoms with E-state index in [-0.39, 0.29) is 5.63 Å². The van der Waals surface area contributed by atoms with Crippen molar-refractivity contribution >= 4 is 16.9 Å². The van der Waals surface area contributed by atoms with Crippen molar-refractivity contribution in [2.75, 3.05) is 11.9 Å². The number of nitrogens with one attached hydrogen (secondary N) is 1. The van der Waals surface area contributed by atoms with Crippen LogP contribution in [0.25, 0.3) is 10.9 Å². The van der Waals surface area contributed by atoms with Crippen LogP contribution in [0, 0.1) is 6.92 Å². The average Bonchev–Trinajstić information content (AvgIpc) is 2.71. The first kappa shape index (κ1) is 23.4. The zero-order valence-electron chi connectivity index (χ0n) is 18.6. The fraction of sp³-hybridized carbons (Fsp3) is 0.680. The van der Waals surface area contributed by atoms with Gasteiger partial charge in [0.15, 0.2) is 0 Å². The highest BCUT2D eigenvalue weighted by atomic mass is 16.4. The van der Waals surface area contributed by atoms with E-state index >= 15 is 0 Å². The normalized spacial score (nSPS) is 11.2. The number of nitrogens with zero attached hydrogens (tertiary/aromatic N) is 1. The summed E-state index contributed by atoms with van der Waals surface area (Å²) in [6, 6.07) is 6.00. The summed E-state index contributed by atoms with van der Waals surface area (Å²) in [6.07, 6.45) is 18.9. The Hall–Kier alpha value is -1.84. The van der Waals surface area contributed by atoms with E-state index < -0.39 is 0 Å². The summed E-state index contributed by atoms with van der Waals surface area (Å²) < 4.78 is 5.29. The molecule has 29 heavy (non-hydrogen) atoms. The summed E-state index contributed by atoms with van der Waals surface area (Å²) in [5.74, 6) is 0. The van der Waals surface area contributed by atoms with Gasteiger partial charge in [-0.05, 0) is 25.5 Å². The van der Waals surface area contributed by atoms with Crippen LogP contribution in [0.1, 0.15) is 102 Å². The molecule has 0 unspecified atom stereocenters. The van der Waals surface area contributed by atoms with Gasteiger partial charge in [-0.2, -0.15) is 4.98 Å². The van der Waals surface area contributed by atoms with E-state index in [0.29, 0.717) is 16.9 Å². The highest BCUT2D eigenvalue weighted by molar-refractivity contribution is 5.78. The van der Waals surface area contributed by atoms with Gasteiger partial charge in [0.25, 0.3) is 6.01 Å². The van der Waals surface area contributed by atoms with Crippen LogP contribution in [0.3, 0.4) is 0 Å². The van der Waals surface area contributed by atoms with Crippen LogP contribution in [0.4, 0.5) is 6.01 Å². The Balaban J connectivity index is 1.46. The molecule has 0 radical (unpaired) electrons. The second-order valence-electron chi connectivity index (χ2n) is 8.35. The molecule has 2 rings (SSSR count). The summed E-state index contributed by atoms with van der Waals surface area (Å²) in [5.41, 5.74) is 1.41. The number of unbranched alkanes of at least 4 members (excludes halogenated alkanes) is 13. The Labute approximate surface area is 176 Å². The van der Waals surface area contributed by atoms with Gasteiger partial charge in [-0.25, -0.2) is 4.79 Å². The Morgan fingerprint density at radius 2 is 1.38 bits per heavy atom. The molecular weight excluding hydrogens is 360 g/mol. The molecule has 0 saturated carbocycles. The number of aryl methyl sites for hydroxylation is 1. The monoisotopic (exact) mass is 400 g/mol. The largest absolute Gasteiger partial charge is 0.389 e. The SMILES string of the molecule is CCCCCCCCCCCCCCCCNc1nc2ccc(C)cc2c(=O)o1. The molecule has 0 saturated heterocycles. The second-order valence-corrected chi connectivity index (χ2v) is 8.35. The van der Waals surface area contributed by atoms with Crippen LogP contribution in [-0.2, 0) is 0 Å². The second kappa shape index (κ2) is 14.2. The van der Waals surface area contributed by atoms with Gasteiger partial charge in [0.2, 0.25) is 0 Å². The van der Waals surface area contributed by atoms with Gasteiger partial charge in [-0.15, -0.1) is 0 Å². The third-order valence-corrected chi connectivity index (χ3v) is 5.59. The van der Waals surface area contributed by atoms with Crippen LogP contribution < -0.4 is 10.9 Å². The average molecular weight is 401 g/mol. The standard InChI is InChI=1S/C25H40N2O2/c1-3-4-5-6-7-8-9-10-11-12-13-14-15-16-19-26-25-27-23-18-17-21(2)20-22(23)24(28)29-25/h17-18,20H,3-16,19H2,1-2H3,(H,26,27). The number of hydrogen-bond acceptors (Lipinski definition) is 4. The third-order valence-electron chi connectivity index (χ3n) is 5.59. The Bertz CT molecular complexity index is 754. The van der Waals surface area contributed by atoms with Gasteiger partial charge in [0.05, 0.1) is 10.9 Å². The molecule has 2 aromatic rings. The molecule has 0 aliphatic heterocycles. The molecule has 1 N–H and O–H groups in total. The van der Waals surface area contributed by atoms with Crippen LogP contribution >= 0.6 is 0 Å². The fourth-order valence-electron chi connectivity index (χ4n) is 3.78. The first-order valence-corrected chi connectivity index (χ1v) is 11.9. The van der Waals surface area contributed by atoms with Crippen LogP contribution in [-0.4, -0.2) is 11.5 Å². The molecule has 162 valence electrons. The van der Waals surface area contributed by atoms with Crippen LogP contribution in [0.15, 0.2) is 27.4 Å². The van der Waals surface area contributed by atoms with E-state index in [1.165, 1.54) is 83.5 Å². The van der Waals surface area contributed by atoms with Gasteiger partial charge in [-0.3, -0.25) is 0 Å². The number of fused-ring (bicyclic) bond motifs is 1. The summed E-state index contributed by atoms with van der Waals surface area (Å²) in [5, 5.41) is 3.71. The van der Waals surface area contributed by atoms with E-state index in [0.717, 1.165) is 18.5 Å². The minimum atomic E-state index is -0.317. The maximum Gasteiger partial charge on any atom is 0.348 e. The Kier molecular flexibility index (Phi) is 11.5. The number of aromatic nitrogens is 1. The lowest BCUT2D eigenvalue weighted by Gasteiger charge is -2.06. The molecule has 0 bridgehead atoms. The molecule has 0 spiro atoms. The first-order chi connectivity index (χ1) is 14.2. The zero-order chi connectivity index (χ0) is 20.7. The number of rotatable bonds is 16. The molecular formula is C25H40N2O2. The Morgan fingerprint density at radius 1 is 0.828 bits per heavy atom. The van der Waals surface area contributed by atoms with Crippen molar-refractivity contribution in [1.29, 1.82) is 0 Å². The maximum atomic E-state index is 12.1. The molecule has 0 aliphatic carbocycles. The van der Waals surface area contributed by atoms with Crippen molar-refractivity contribution in [3.05, 3.63) is 34.2 Å². The van der Waals surface area contributed by atoms with E-state index in [4.69, 9.17) is 4.42 Å². The lowest BCUT2D eigenvalue weighted by atomic mass is 10.0. The predicted molar refractivity (Wildman–Crippen MR) is 124 cm³/mol. The van der Waals surface area contributed by atoms with Gasteiger partial charge in [0, 0.05) is 6.54 Å². The van der Waals surface area contributed by atoms with Gasteiger partial charge >= 0.3 is 5.63 Å². The minimum Gasteiger partial charge on any atom is -0.389 e. The molecule has 1 aromatic carbocycles. The van der Waals surface area contributed by atoms with Gasteiger partial charge < -0.3 is 9.73 Å². The topological polar surface area (TPSA) is 55.1 Å². The van der Waals surface area contributed by atoms with Crippen molar-refractivity contribution in [1.82, 2.24) is 4.98 Å². The Morgan fingerprint density at radius 3 is 1.97 bits per heavy atom. The molecule has 1 aromatic heterocycles. The minimum absolute atomic E-state index is 0.317. The highest BCUT2D eigenvalue weighted by Crippen LogP contribution is 2.14. The molecule has 4 heteroatoms. The summed E-state index contributed by atoms with van der Waals surface area (Å²) in [4.78, 5) is 16.5. The van der Waals surface area contributed by atoms with Crippen molar-refractivity contribution in [3.63, 3.8) is 0 Å². The van der Waals surface area contributed by atoms with Crippen molar-refractivity contribution in [3.8, 4) is 0 Å². The van der Waals surface area contributed by atoms with Gasteiger partial charge in [-0.1, -0.05) is 102 Å². The summed E-state index contributed by atoms with van der Waals surface area (Å²) in [6.45, 7) is 5.03. The summed E-state index contributed by atoms with van der Waals surface area (Å²) in [7, 11) is 0. The summed E-state index contributed by atoms with van der Waals surface area (Å²) >= 11 is 0. The number of benzene rings is 1. The molecule has 0 amide bonds. The maximum absolute atomic E-state index is 12.1. The molecule has 0 fully saturated rings. The van der Waals surface area contributed by atoms with Crippen molar-refractivity contribution < 1.29 is 4.42 Å². The molecule has 4 nitrogen and oxygen atoms in total. The highest BCUT2D eigenvalue weighted by Gasteiger charge is 2.06. The zero-order valence-corrected chi connectivity index (χ0v) is 18.6. The number of anilines is 1. The molecule has 1 heterocycles. The smallest absolute Gasteiger partial charge is 0.348 e. The number of hydrogen-bond donors (Lipinski definition) is 1. The molecule has 0 atom stereocenters. The van der Waals surface area contributed by atoms with Gasteiger partial charge in [0.1, 0.15) is 0 Å². The van der Waals surface area contributed by atoms with Crippen LogP contribution in [0.5, 0.6) is 0 Å². The van der Waals surface area contributed by atoms with Crippen LogP contribution in [0.2, 0.25) is 0 Å². The predicted octanol–water partition coefficient (Wildman–Crippen LogP) is 7.39. The van der Waals surface area contributed by atoms with E-state index in [9.17, 15) is 4.79 Å². The lowest BCUT2D eigenvalue weighted by Crippen LogP contribution is -2.09. The third kappa shape index (κ3) is 9.47.